The van der Waals surface area contributed by atoms with Gasteiger partial charge in [0.1, 0.15) is 24.0 Å². The van der Waals surface area contributed by atoms with E-state index in [0.29, 0.717) is 18.2 Å². The predicted octanol–water partition coefficient (Wildman–Crippen LogP) is 4.83. The third-order valence-corrected chi connectivity index (χ3v) is 6.70. The molecule has 1 fully saturated rings. The maximum Gasteiger partial charge on any atom is 0.418 e. The van der Waals surface area contributed by atoms with Gasteiger partial charge in [-0.25, -0.2) is 8.78 Å². The van der Waals surface area contributed by atoms with Gasteiger partial charge in [0.05, 0.1) is 47.8 Å². The third kappa shape index (κ3) is 7.16. The number of benzene rings is 2. The molecule has 0 radical (unpaired) electrons. The molecular weight excluding hydrogens is 567 g/mol. The van der Waals surface area contributed by atoms with E-state index < -0.39 is 53.5 Å². The number of carboxylic acids is 1. The van der Waals surface area contributed by atoms with Gasteiger partial charge in [0.25, 0.3) is 5.91 Å². The van der Waals surface area contributed by atoms with E-state index in [1.54, 1.807) is 13.8 Å². The average Bonchev–Trinajstić information content (AvgIpc) is 3.49. The minimum Gasteiger partial charge on any atom is -0.491 e. The summed E-state index contributed by atoms with van der Waals surface area (Å²) in [5.41, 5.74) is -1.36. The number of hydrogen-bond donors (Lipinski definition) is 3. The Balaban J connectivity index is 1.62. The predicted molar refractivity (Wildman–Crippen MR) is 142 cm³/mol. The van der Waals surface area contributed by atoms with Crippen molar-refractivity contribution in [3.63, 3.8) is 0 Å². The quantitative estimate of drug-likeness (QED) is 0.287. The molecule has 0 unspecified atom stereocenters. The molecule has 0 aliphatic carbocycles. The number of ether oxygens (including phenoxy) is 1. The Bertz CT molecular complexity index is 1450. The number of halogens is 5. The van der Waals surface area contributed by atoms with Crippen LogP contribution in [0.1, 0.15) is 53.4 Å². The molecule has 0 bridgehead atoms. The summed E-state index contributed by atoms with van der Waals surface area (Å²) in [5, 5.41) is 25.7. The van der Waals surface area contributed by atoms with Gasteiger partial charge in [-0.05, 0) is 30.0 Å². The van der Waals surface area contributed by atoms with Crippen LogP contribution in [0.5, 0.6) is 5.75 Å². The molecular formula is C28H29F5N4O5. The molecule has 1 saturated heterocycles. The molecule has 226 valence electrons. The Morgan fingerprint density at radius 1 is 1.14 bits per heavy atom. The monoisotopic (exact) mass is 596 g/mol. The van der Waals surface area contributed by atoms with E-state index in [9.17, 15) is 41.8 Å². The van der Waals surface area contributed by atoms with Crippen molar-refractivity contribution < 1.29 is 46.5 Å². The molecule has 4 rings (SSSR count). The van der Waals surface area contributed by atoms with Crippen molar-refractivity contribution in [2.24, 2.45) is 0 Å². The summed E-state index contributed by atoms with van der Waals surface area (Å²) in [7, 11) is 0. The lowest BCUT2D eigenvalue weighted by molar-refractivity contribution is -0.137. The highest BCUT2D eigenvalue weighted by Gasteiger charge is 2.37. The number of aliphatic hydroxyl groups is 1. The van der Waals surface area contributed by atoms with Gasteiger partial charge in [0.15, 0.2) is 0 Å². The van der Waals surface area contributed by atoms with E-state index in [0.717, 1.165) is 24.3 Å². The summed E-state index contributed by atoms with van der Waals surface area (Å²) in [4.78, 5) is 26.3. The standard InChI is InChI=1S/C28H29F5N4O5/c1-15(2)26-21(13-34-37(26)5-6-42-20-10-17(29)9-18(30)11-20)27(41)35-23-7-16(8-25(39)40)24(12-22(23)28(31,32)33)36-4-3-19(38)14-36/h7,9-13,15,19,38H,3-6,8,14H2,1-2H3,(H,35,41)(H,39,40)/t19-/m1/s1. The molecule has 1 atom stereocenters. The second kappa shape index (κ2) is 12.3. The fourth-order valence-electron chi connectivity index (χ4n) is 4.94. The maximum absolute atomic E-state index is 14.2. The van der Waals surface area contributed by atoms with Crippen molar-refractivity contribution in [1.29, 1.82) is 0 Å². The zero-order valence-corrected chi connectivity index (χ0v) is 22.7. The van der Waals surface area contributed by atoms with E-state index >= 15 is 0 Å². The zero-order valence-electron chi connectivity index (χ0n) is 22.7. The number of rotatable bonds is 10. The van der Waals surface area contributed by atoms with Crippen molar-refractivity contribution in [3.8, 4) is 5.75 Å². The fraction of sp³-hybridized carbons (Fsp3) is 0.393. The minimum absolute atomic E-state index is 0.0125. The number of aliphatic hydroxyl groups excluding tert-OH is 1. The number of nitrogens with one attached hydrogen (secondary N) is 1. The lowest BCUT2D eigenvalue weighted by atomic mass is 10.0. The number of carboxylic acid groups (broad SMARTS) is 1. The topological polar surface area (TPSA) is 117 Å². The molecule has 0 spiro atoms. The number of amides is 1. The molecule has 3 N–H and O–H groups in total. The lowest BCUT2D eigenvalue weighted by Crippen LogP contribution is -2.25. The third-order valence-electron chi connectivity index (χ3n) is 6.70. The van der Waals surface area contributed by atoms with Crippen LogP contribution in [0.2, 0.25) is 0 Å². The first-order chi connectivity index (χ1) is 19.7. The van der Waals surface area contributed by atoms with Gasteiger partial charge >= 0.3 is 12.1 Å². The number of alkyl halides is 3. The number of hydrogen-bond acceptors (Lipinski definition) is 6. The summed E-state index contributed by atoms with van der Waals surface area (Å²) in [5.74, 6) is -4.17. The van der Waals surface area contributed by atoms with Gasteiger partial charge in [-0.1, -0.05) is 13.8 Å². The first-order valence-electron chi connectivity index (χ1n) is 13.1. The minimum atomic E-state index is -4.89. The molecule has 0 saturated carbocycles. The Kier molecular flexibility index (Phi) is 9.04. The average molecular weight is 597 g/mol. The maximum atomic E-state index is 14.2. The van der Waals surface area contributed by atoms with Crippen LogP contribution in [0.15, 0.2) is 36.5 Å². The number of aliphatic carboxylic acids is 1. The molecule has 14 heteroatoms. The molecule has 2 aromatic carbocycles. The lowest BCUT2D eigenvalue weighted by Gasteiger charge is -2.25. The Labute approximate surface area is 237 Å². The van der Waals surface area contributed by atoms with Crippen molar-refractivity contribution in [3.05, 3.63) is 70.5 Å². The van der Waals surface area contributed by atoms with Crippen LogP contribution in [-0.4, -0.2) is 57.7 Å². The molecule has 1 aromatic heterocycles. The second-order valence-electron chi connectivity index (χ2n) is 10.2. The molecule has 9 nitrogen and oxygen atoms in total. The van der Waals surface area contributed by atoms with Crippen LogP contribution in [0.4, 0.5) is 33.3 Å². The van der Waals surface area contributed by atoms with E-state index in [4.69, 9.17) is 4.74 Å². The highest BCUT2D eigenvalue weighted by atomic mass is 19.4. The second-order valence-corrected chi connectivity index (χ2v) is 10.2. The number of carbonyl (C=O) groups is 2. The first kappa shape index (κ1) is 30.8. The van der Waals surface area contributed by atoms with Crippen LogP contribution in [0.3, 0.4) is 0 Å². The van der Waals surface area contributed by atoms with E-state index in [1.165, 1.54) is 15.8 Å². The van der Waals surface area contributed by atoms with Gasteiger partial charge < -0.3 is 25.2 Å². The number of aromatic nitrogens is 2. The molecule has 1 aliphatic heterocycles. The van der Waals surface area contributed by atoms with Crippen molar-refractivity contribution >= 4 is 23.3 Å². The van der Waals surface area contributed by atoms with Crippen molar-refractivity contribution in [2.45, 2.75) is 51.4 Å². The van der Waals surface area contributed by atoms with Crippen molar-refractivity contribution in [1.82, 2.24) is 9.78 Å². The summed E-state index contributed by atoms with van der Waals surface area (Å²) in [6.45, 7) is 3.77. The van der Waals surface area contributed by atoms with Crippen LogP contribution in [-0.2, 0) is 23.9 Å². The molecule has 3 aromatic rings. The molecule has 2 heterocycles. The van der Waals surface area contributed by atoms with E-state index in [2.05, 4.69) is 10.4 Å². The molecule has 42 heavy (non-hydrogen) atoms. The van der Waals surface area contributed by atoms with E-state index in [1.807, 2.05) is 0 Å². The van der Waals surface area contributed by atoms with Crippen molar-refractivity contribution in [2.75, 3.05) is 29.9 Å². The fourth-order valence-corrected chi connectivity index (χ4v) is 4.94. The molecule has 1 amide bonds. The smallest absolute Gasteiger partial charge is 0.418 e. The van der Waals surface area contributed by atoms with E-state index in [-0.39, 0.29) is 54.7 Å². The summed E-state index contributed by atoms with van der Waals surface area (Å²) in [6, 6.07) is 4.50. The highest BCUT2D eigenvalue weighted by molar-refractivity contribution is 6.05. The largest absolute Gasteiger partial charge is 0.491 e. The zero-order chi connectivity index (χ0) is 30.8. The van der Waals surface area contributed by atoms with Gasteiger partial charge in [0.2, 0.25) is 0 Å². The van der Waals surface area contributed by atoms with Gasteiger partial charge in [-0.15, -0.1) is 0 Å². The number of carbonyl (C=O) groups excluding carboxylic acids is 1. The number of β-amino-alcohol motifs (C(OH)–C–C–N with tert-alkyl or cyclic N) is 1. The first-order valence-corrected chi connectivity index (χ1v) is 13.1. The van der Waals surface area contributed by atoms with Gasteiger partial charge in [0, 0.05) is 37.0 Å². The Hall–Kier alpha value is -4.20. The SMILES string of the molecule is CC(C)c1c(C(=O)Nc2cc(CC(=O)O)c(N3CC[C@@H](O)C3)cc2C(F)(F)F)cnn1CCOc1cc(F)cc(F)c1. The Morgan fingerprint density at radius 2 is 1.83 bits per heavy atom. The highest BCUT2D eigenvalue weighted by Crippen LogP contribution is 2.40. The Morgan fingerprint density at radius 3 is 2.40 bits per heavy atom. The number of anilines is 2. The van der Waals surface area contributed by atoms with Gasteiger partial charge in [-0.3, -0.25) is 14.3 Å². The van der Waals surface area contributed by atoms with Gasteiger partial charge in [-0.2, -0.15) is 18.3 Å². The molecule has 1 aliphatic rings. The van der Waals surface area contributed by atoms with Crippen LogP contribution in [0, 0.1) is 11.6 Å². The number of nitrogens with zero attached hydrogens (tertiary/aromatic N) is 3. The summed E-state index contributed by atoms with van der Waals surface area (Å²) < 4.78 is 76.2. The summed E-state index contributed by atoms with van der Waals surface area (Å²) >= 11 is 0. The van der Waals surface area contributed by atoms with Crippen LogP contribution in [0.25, 0.3) is 0 Å². The normalized spacial score (nSPS) is 15.4. The van der Waals surface area contributed by atoms with Crippen LogP contribution >= 0.6 is 0 Å². The van der Waals surface area contributed by atoms with Crippen LogP contribution < -0.4 is 15.0 Å². The summed E-state index contributed by atoms with van der Waals surface area (Å²) in [6.07, 6.45) is -4.75.